The van der Waals surface area contributed by atoms with Crippen LogP contribution in [0.2, 0.25) is 0 Å². The number of carbonyl (C=O) groups is 2. The SMILES string of the molecule is Cc1ccc(N(C)S(=O)(=O)c2cccc(C(=O)O[C@@H]3CCCC3=O)c2)cc1. The summed E-state index contributed by atoms with van der Waals surface area (Å²) in [6.45, 7) is 1.92. The van der Waals surface area contributed by atoms with Crippen molar-refractivity contribution in [2.45, 2.75) is 37.2 Å². The number of rotatable bonds is 5. The molecule has 0 unspecified atom stereocenters. The van der Waals surface area contributed by atoms with Crippen LogP contribution < -0.4 is 4.31 Å². The number of ether oxygens (including phenoxy) is 1. The maximum atomic E-state index is 12.9. The number of nitrogens with zero attached hydrogens (tertiary/aromatic N) is 1. The summed E-state index contributed by atoms with van der Waals surface area (Å²) in [6.07, 6.45) is 0.895. The number of anilines is 1. The molecular formula is C20H21NO5S. The third-order valence-corrected chi connectivity index (χ3v) is 6.41. The molecule has 0 heterocycles. The highest BCUT2D eigenvalue weighted by atomic mass is 32.2. The third-order valence-electron chi connectivity index (χ3n) is 4.62. The lowest BCUT2D eigenvalue weighted by Crippen LogP contribution is -2.27. The van der Waals surface area contributed by atoms with E-state index in [4.69, 9.17) is 4.74 Å². The van der Waals surface area contributed by atoms with E-state index < -0.39 is 22.1 Å². The zero-order valence-electron chi connectivity index (χ0n) is 15.2. The monoisotopic (exact) mass is 387 g/mol. The van der Waals surface area contributed by atoms with Crippen LogP contribution in [-0.2, 0) is 19.6 Å². The first-order valence-electron chi connectivity index (χ1n) is 8.68. The van der Waals surface area contributed by atoms with E-state index in [9.17, 15) is 18.0 Å². The van der Waals surface area contributed by atoms with Crippen LogP contribution in [0.25, 0.3) is 0 Å². The Morgan fingerprint density at radius 2 is 1.85 bits per heavy atom. The lowest BCUT2D eigenvalue weighted by atomic mass is 10.2. The van der Waals surface area contributed by atoms with E-state index in [0.29, 0.717) is 24.9 Å². The van der Waals surface area contributed by atoms with Crippen LogP contribution in [0.1, 0.15) is 35.2 Å². The van der Waals surface area contributed by atoms with Gasteiger partial charge in [0.2, 0.25) is 0 Å². The van der Waals surface area contributed by atoms with Gasteiger partial charge in [0, 0.05) is 13.5 Å². The van der Waals surface area contributed by atoms with E-state index in [2.05, 4.69) is 0 Å². The normalized spacial score (nSPS) is 17.0. The van der Waals surface area contributed by atoms with Gasteiger partial charge in [0.25, 0.3) is 10.0 Å². The molecule has 0 saturated heterocycles. The van der Waals surface area contributed by atoms with Gasteiger partial charge in [0.05, 0.1) is 16.1 Å². The Kier molecular flexibility index (Phi) is 5.32. The molecule has 0 spiro atoms. The van der Waals surface area contributed by atoms with Crippen molar-refractivity contribution in [3.05, 3.63) is 59.7 Å². The molecule has 6 nitrogen and oxygen atoms in total. The van der Waals surface area contributed by atoms with Gasteiger partial charge in [-0.3, -0.25) is 9.10 Å². The summed E-state index contributed by atoms with van der Waals surface area (Å²) in [5, 5.41) is 0. The summed E-state index contributed by atoms with van der Waals surface area (Å²) in [5.41, 5.74) is 1.65. The van der Waals surface area contributed by atoms with Crippen LogP contribution in [0.5, 0.6) is 0 Å². The van der Waals surface area contributed by atoms with Gasteiger partial charge in [-0.25, -0.2) is 13.2 Å². The van der Waals surface area contributed by atoms with Gasteiger partial charge in [-0.15, -0.1) is 0 Å². The number of Topliss-reactive ketones (excluding diaryl/α,β-unsaturated/α-hetero) is 1. The zero-order valence-corrected chi connectivity index (χ0v) is 16.0. The minimum atomic E-state index is -3.84. The fourth-order valence-electron chi connectivity index (χ4n) is 2.94. The number of sulfonamides is 1. The molecular weight excluding hydrogens is 366 g/mol. The molecule has 2 aromatic carbocycles. The number of benzene rings is 2. The number of hydrogen-bond donors (Lipinski definition) is 0. The van der Waals surface area contributed by atoms with E-state index >= 15 is 0 Å². The van der Waals surface area contributed by atoms with Crippen LogP contribution in [-0.4, -0.2) is 33.3 Å². The van der Waals surface area contributed by atoms with E-state index in [-0.39, 0.29) is 16.2 Å². The highest BCUT2D eigenvalue weighted by Crippen LogP contribution is 2.24. The molecule has 1 atom stereocenters. The van der Waals surface area contributed by atoms with Crippen molar-refractivity contribution in [3.63, 3.8) is 0 Å². The second-order valence-electron chi connectivity index (χ2n) is 6.59. The Bertz CT molecular complexity index is 966. The Balaban J connectivity index is 1.84. The number of carbonyl (C=O) groups excluding carboxylic acids is 2. The fourth-order valence-corrected chi connectivity index (χ4v) is 4.18. The smallest absolute Gasteiger partial charge is 0.338 e. The number of esters is 1. The van der Waals surface area contributed by atoms with E-state index in [0.717, 1.165) is 9.87 Å². The van der Waals surface area contributed by atoms with Crippen LogP contribution in [0, 0.1) is 6.92 Å². The Morgan fingerprint density at radius 3 is 2.48 bits per heavy atom. The van der Waals surface area contributed by atoms with Crippen LogP contribution in [0.3, 0.4) is 0 Å². The van der Waals surface area contributed by atoms with Crippen LogP contribution in [0.4, 0.5) is 5.69 Å². The number of aryl methyl sites for hydroxylation is 1. The van der Waals surface area contributed by atoms with Gasteiger partial charge in [-0.1, -0.05) is 23.8 Å². The van der Waals surface area contributed by atoms with Crippen molar-refractivity contribution in [2.75, 3.05) is 11.4 Å². The first-order chi connectivity index (χ1) is 12.8. The summed E-state index contributed by atoms with van der Waals surface area (Å²) >= 11 is 0. The topological polar surface area (TPSA) is 80.8 Å². The molecule has 0 aliphatic heterocycles. The first-order valence-corrected chi connectivity index (χ1v) is 10.1. The first kappa shape index (κ1) is 19.1. The quantitative estimate of drug-likeness (QED) is 0.737. The molecule has 27 heavy (non-hydrogen) atoms. The average Bonchev–Trinajstić information content (AvgIpc) is 3.06. The van der Waals surface area contributed by atoms with Crippen molar-refractivity contribution in [1.29, 1.82) is 0 Å². The molecule has 1 fully saturated rings. The Hall–Kier alpha value is -2.67. The lowest BCUT2D eigenvalue weighted by molar-refractivity contribution is -0.124. The maximum absolute atomic E-state index is 12.9. The lowest BCUT2D eigenvalue weighted by Gasteiger charge is -2.20. The van der Waals surface area contributed by atoms with Crippen LogP contribution in [0.15, 0.2) is 53.4 Å². The second-order valence-corrected chi connectivity index (χ2v) is 8.56. The van der Waals surface area contributed by atoms with Gasteiger partial charge in [0.15, 0.2) is 11.9 Å². The molecule has 142 valence electrons. The molecule has 1 aliphatic rings. The molecule has 1 aliphatic carbocycles. The van der Waals surface area contributed by atoms with E-state index in [1.54, 1.807) is 12.1 Å². The van der Waals surface area contributed by atoms with Crippen molar-refractivity contribution >= 4 is 27.5 Å². The number of ketones is 1. The third kappa shape index (κ3) is 4.03. The summed E-state index contributed by atoms with van der Waals surface area (Å²) in [6, 6.07) is 12.8. The fraction of sp³-hybridized carbons (Fsp3) is 0.300. The van der Waals surface area contributed by atoms with Gasteiger partial charge < -0.3 is 4.74 Å². The van der Waals surface area contributed by atoms with Gasteiger partial charge in [-0.05, 0) is 50.1 Å². The summed E-state index contributed by atoms with van der Waals surface area (Å²) in [7, 11) is -2.38. The second kappa shape index (κ2) is 7.52. The standard InChI is InChI=1S/C20H21NO5S/c1-14-9-11-16(12-10-14)21(2)27(24,25)17-6-3-5-15(13-17)20(23)26-19-8-4-7-18(19)22/h3,5-6,9-13,19H,4,7-8H2,1-2H3/t19-/m1/s1. The highest BCUT2D eigenvalue weighted by Gasteiger charge is 2.29. The molecule has 7 heteroatoms. The highest BCUT2D eigenvalue weighted by molar-refractivity contribution is 7.92. The van der Waals surface area contributed by atoms with E-state index in [1.165, 1.54) is 31.3 Å². The van der Waals surface area contributed by atoms with Crippen molar-refractivity contribution in [2.24, 2.45) is 0 Å². The van der Waals surface area contributed by atoms with Crippen molar-refractivity contribution < 1.29 is 22.7 Å². The Morgan fingerprint density at radius 1 is 1.15 bits per heavy atom. The van der Waals surface area contributed by atoms with Crippen LogP contribution >= 0.6 is 0 Å². The average molecular weight is 387 g/mol. The largest absolute Gasteiger partial charge is 0.451 e. The molecule has 2 aromatic rings. The van der Waals surface area contributed by atoms with Gasteiger partial charge in [0.1, 0.15) is 0 Å². The van der Waals surface area contributed by atoms with Gasteiger partial charge in [-0.2, -0.15) is 0 Å². The molecule has 0 amide bonds. The molecule has 0 aromatic heterocycles. The molecule has 1 saturated carbocycles. The molecule has 3 rings (SSSR count). The summed E-state index contributed by atoms with van der Waals surface area (Å²) < 4.78 is 32.2. The van der Waals surface area contributed by atoms with Gasteiger partial charge >= 0.3 is 5.97 Å². The predicted molar refractivity (Wildman–Crippen MR) is 101 cm³/mol. The molecule has 0 N–H and O–H groups in total. The minimum absolute atomic E-state index is 0.0160. The maximum Gasteiger partial charge on any atom is 0.338 e. The zero-order chi connectivity index (χ0) is 19.6. The molecule has 0 bridgehead atoms. The molecule has 0 radical (unpaired) electrons. The summed E-state index contributed by atoms with van der Waals surface area (Å²) in [4.78, 5) is 24.0. The van der Waals surface area contributed by atoms with E-state index in [1.807, 2.05) is 19.1 Å². The minimum Gasteiger partial charge on any atom is -0.451 e. The van der Waals surface area contributed by atoms with Crippen molar-refractivity contribution in [3.8, 4) is 0 Å². The van der Waals surface area contributed by atoms with Crippen molar-refractivity contribution in [1.82, 2.24) is 0 Å². The summed E-state index contributed by atoms with van der Waals surface area (Å²) in [5.74, 6) is -0.781. The predicted octanol–water partition coefficient (Wildman–Crippen LogP) is 3.10. The Labute approximate surface area is 158 Å². The number of hydrogen-bond acceptors (Lipinski definition) is 5.